The van der Waals surface area contributed by atoms with Gasteiger partial charge in [-0.1, -0.05) is 30.3 Å². The Morgan fingerprint density at radius 3 is 2.56 bits per heavy atom. The standard InChI is InChI=1S/C10H14NO4P/c12-16(13)14-7-10(8-15-16)11-6-9-4-2-1-3-5-9/h1-5,10-11H,6-8H2,(H,12,13). The molecule has 1 aromatic carbocycles. The Kier molecular flexibility index (Phi) is 3.74. The van der Waals surface area contributed by atoms with E-state index in [1.165, 1.54) is 0 Å². The fourth-order valence-electron chi connectivity index (χ4n) is 1.43. The molecule has 2 rings (SSSR count). The molecule has 0 unspecified atom stereocenters. The summed E-state index contributed by atoms with van der Waals surface area (Å²) in [6, 6.07) is 9.86. The quantitative estimate of drug-likeness (QED) is 0.783. The van der Waals surface area contributed by atoms with Crippen LogP contribution in [0.3, 0.4) is 0 Å². The highest BCUT2D eigenvalue weighted by Crippen LogP contribution is 2.45. The van der Waals surface area contributed by atoms with E-state index in [-0.39, 0.29) is 19.3 Å². The summed E-state index contributed by atoms with van der Waals surface area (Å²) >= 11 is 0. The Balaban J connectivity index is 1.78. The molecule has 0 amide bonds. The van der Waals surface area contributed by atoms with Crippen LogP contribution in [0.5, 0.6) is 0 Å². The van der Waals surface area contributed by atoms with Crippen LogP contribution in [0.1, 0.15) is 5.56 Å². The van der Waals surface area contributed by atoms with Gasteiger partial charge in [0.1, 0.15) is 0 Å². The third-order valence-corrected chi connectivity index (χ3v) is 3.27. The summed E-state index contributed by atoms with van der Waals surface area (Å²) in [5, 5.41) is 3.19. The van der Waals surface area contributed by atoms with Crippen molar-refractivity contribution in [2.45, 2.75) is 12.6 Å². The maximum absolute atomic E-state index is 10.9. The van der Waals surface area contributed by atoms with E-state index >= 15 is 0 Å². The molecule has 0 saturated carbocycles. The molecule has 1 aromatic rings. The zero-order valence-electron chi connectivity index (χ0n) is 8.70. The van der Waals surface area contributed by atoms with Crippen LogP contribution in [-0.4, -0.2) is 24.1 Å². The van der Waals surface area contributed by atoms with Crippen molar-refractivity contribution in [3.8, 4) is 0 Å². The number of rotatable bonds is 3. The molecule has 1 saturated heterocycles. The minimum Gasteiger partial charge on any atom is -0.306 e. The van der Waals surface area contributed by atoms with Gasteiger partial charge in [-0.15, -0.1) is 0 Å². The molecule has 0 spiro atoms. The molecule has 1 heterocycles. The molecule has 6 heteroatoms. The molecular formula is C10H14NO4P. The van der Waals surface area contributed by atoms with Crippen molar-refractivity contribution in [1.29, 1.82) is 0 Å². The van der Waals surface area contributed by atoms with E-state index in [0.717, 1.165) is 5.56 Å². The lowest BCUT2D eigenvalue weighted by Gasteiger charge is -2.25. The summed E-state index contributed by atoms with van der Waals surface area (Å²) in [4.78, 5) is 8.96. The van der Waals surface area contributed by atoms with Crippen LogP contribution in [0.15, 0.2) is 30.3 Å². The minimum atomic E-state index is -3.76. The molecule has 16 heavy (non-hydrogen) atoms. The number of phosphoric ester groups is 1. The zero-order chi connectivity index (χ0) is 11.4. The van der Waals surface area contributed by atoms with Crippen LogP contribution >= 0.6 is 7.82 Å². The molecule has 0 radical (unpaired) electrons. The summed E-state index contributed by atoms with van der Waals surface area (Å²) in [6.07, 6.45) is 0. The van der Waals surface area contributed by atoms with Gasteiger partial charge in [-0.3, -0.25) is 9.05 Å². The van der Waals surface area contributed by atoms with Crippen LogP contribution < -0.4 is 5.32 Å². The third kappa shape index (κ3) is 3.40. The van der Waals surface area contributed by atoms with E-state index in [4.69, 9.17) is 13.9 Å². The van der Waals surface area contributed by atoms with Crippen molar-refractivity contribution in [3.05, 3.63) is 35.9 Å². The first-order chi connectivity index (χ1) is 7.66. The number of phosphoric acid groups is 1. The number of nitrogens with one attached hydrogen (secondary N) is 1. The van der Waals surface area contributed by atoms with Gasteiger partial charge < -0.3 is 10.2 Å². The average molecular weight is 243 g/mol. The molecule has 0 aromatic heterocycles. The highest BCUT2D eigenvalue weighted by molar-refractivity contribution is 7.47. The Morgan fingerprint density at radius 1 is 1.31 bits per heavy atom. The number of benzene rings is 1. The Labute approximate surface area is 94.0 Å². The molecule has 0 atom stereocenters. The lowest BCUT2D eigenvalue weighted by molar-refractivity contribution is 0.0737. The Morgan fingerprint density at radius 2 is 1.94 bits per heavy atom. The second-order valence-electron chi connectivity index (χ2n) is 3.62. The number of hydrogen-bond donors (Lipinski definition) is 2. The number of hydrogen-bond acceptors (Lipinski definition) is 4. The first kappa shape index (κ1) is 11.8. The van der Waals surface area contributed by atoms with Crippen molar-refractivity contribution < 1.29 is 18.5 Å². The van der Waals surface area contributed by atoms with Crippen molar-refractivity contribution in [2.24, 2.45) is 0 Å². The van der Waals surface area contributed by atoms with Gasteiger partial charge in [-0.25, -0.2) is 4.57 Å². The van der Waals surface area contributed by atoms with Crippen molar-refractivity contribution in [1.82, 2.24) is 5.32 Å². The summed E-state index contributed by atoms with van der Waals surface area (Å²) in [5.41, 5.74) is 1.15. The fraction of sp³-hybridized carbons (Fsp3) is 0.400. The molecule has 1 aliphatic heterocycles. The van der Waals surface area contributed by atoms with Gasteiger partial charge in [0, 0.05) is 6.54 Å². The second-order valence-corrected chi connectivity index (χ2v) is 5.08. The van der Waals surface area contributed by atoms with Crippen molar-refractivity contribution in [3.63, 3.8) is 0 Å². The van der Waals surface area contributed by atoms with Crippen LogP contribution in [0.25, 0.3) is 0 Å². The molecule has 1 fully saturated rings. The summed E-state index contributed by atoms with van der Waals surface area (Å²) in [7, 11) is -3.76. The summed E-state index contributed by atoms with van der Waals surface area (Å²) in [5.74, 6) is 0. The van der Waals surface area contributed by atoms with E-state index < -0.39 is 7.82 Å². The van der Waals surface area contributed by atoms with Crippen molar-refractivity contribution in [2.75, 3.05) is 13.2 Å². The second kappa shape index (κ2) is 5.08. The van der Waals surface area contributed by atoms with E-state index in [2.05, 4.69) is 5.32 Å². The Hall–Kier alpha value is -0.710. The topological polar surface area (TPSA) is 67.8 Å². The van der Waals surface area contributed by atoms with Gasteiger partial charge in [-0.05, 0) is 5.56 Å². The Bertz CT molecular complexity index is 372. The average Bonchev–Trinajstić information content (AvgIpc) is 2.29. The van der Waals surface area contributed by atoms with Gasteiger partial charge in [0.05, 0.1) is 19.3 Å². The predicted molar refractivity (Wildman–Crippen MR) is 58.8 cm³/mol. The zero-order valence-corrected chi connectivity index (χ0v) is 9.60. The lowest BCUT2D eigenvalue weighted by Crippen LogP contribution is -2.39. The normalized spacial score (nSPS) is 30.2. The molecule has 5 nitrogen and oxygen atoms in total. The molecule has 1 aliphatic rings. The maximum Gasteiger partial charge on any atom is 0.472 e. The van der Waals surface area contributed by atoms with Crippen LogP contribution in [0.4, 0.5) is 0 Å². The van der Waals surface area contributed by atoms with Crippen LogP contribution in [0, 0.1) is 0 Å². The van der Waals surface area contributed by atoms with E-state index in [1.54, 1.807) is 0 Å². The fourth-order valence-corrected chi connectivity index (χ4v) is 2.24. The van der Waals surface area contributed by atoms with Gasteiger partial charge in [0.15, 0.2) is 0 Å². The van der Waals surface area contributed by atoms with Gasteiger partial charge in [0.25, 0.3) is 0 Å². The van der Waals surface area contributed by atoms with Crippen LogP contribution in [-0.2, 0) is 20.2 Å². The van der Waals surface area contributed by atoms with Crippen LogP contribution in [0.2, 0.25) is 0 Å². The summed E-state index contributed by atoms with van der Waals surface area (Å²) in [6.45, 7) is 1.08. The van der Waals surface area contributed by atoms with Gasteiger partial charge in [0.2, 0.25) is 0 Å². The highest BCUT2D eigenvalue weighted by atomic mass is 31.2. The summed E-state index contributed by atoms with van der Waals surface area (Å²) < 4.78 is 20.3. The van der Waals surface area contributed by atoms with E-state index in [0.29, 0.717) is 6.54 Å². The molecule has 88 valence electrons. The van der Waals surface area contributed by atoms with Gasteiger partial charge in [-0.2, -0.15) is 0 Å². The molecule has 0 bridgehead atoms. The van der Waals surface area contributed by atoms with E-state index in [1.807, 2.05) is 30.3 Å². The SMILES string of the molecule is O=P1(O)OCC(NCc2ccccc2)CO1. The van der Waals surface area contributed by atoms with Crippen molar-refractivity contribution >= 4 is 7.82 Å². The molecule has 0 aliphatic carbocycles. The predicted octanol–water partition coefficient (Wildman–Crippen LogP) is 1.29. The first-order valence-electron chi connectivity index (χ1n) is 5.05. The minimum absolute atomic E-state index is 0.0468. The third-order valence-electron chi connectivity index (χ3n) is 2.32. The highest BCUT2D eigenvalue weighted by Gasteiger charge is 2.29. The first-order valence-corrected chi connectivity index (χ1v) is 6.54. The molecule has 2 N–H and O–H groups in total. The van der Waals surface area contributed by atoms with Gasteiger partial charge >= 0.3 is 7.82 Å². The van der Waals surface area contributed by atoms with E-state index in [9.17, 15) is 4.57 Å². The largest absolute Gasteiger partial charge is 0.472 e. The smallest absolute Gasteiger partial charge is 0.306 e. The monoisotopic (exact) mass is 243 g/mol. The molecular weight excluding hydrogens is 229 g/mol. The lowest BCUT2D eigenvalue weighted by atomic mass is 10.2. The maximum atomic E-state index is 10.9.